The van der Waals surface area contributed by atoms with Gasteiger partial charge in [-0.3, -0.25) is 0 Å². The second-order valence-electron chi connectivity index (χ2n) is 5.95. The standard InChI is InChI=1S/C19H19Cl2NO/c20-18-5-1-3-15(19(18)21)13-14-6-8-17(9-7-14)22-11-2-4-16(22)10-12-23/h1,3,5-9,12,16H,2,4,10-11,13H2. The van der Waals surface area contributed by atoms with Crippen LogP contribution >= 0.6 is 23.2 Å². The number of anilines is 1. The first-order chi connectivity index (χ1) is 11.2. The number of carbonyl (C=O) groups excluding carboxylic acids is 1. The highest BCUT2D eigenvalue weighted by Gasteiger charge is 2.24. The molecule has 0 aromatic heterocycles. The predicted octanol–water partition coefficient (Wildman–Crippen LogP) is 5.14. The summed E-state index contributed by atoms with van der Waals surface area (Å²) in [7, 11) is 0. The van der Waals surface area contributed by atoms with Crippen LogP contribution in [0.15, 0.2) is 42.5 Å². The van der Waals surface area contributed by atoms with Crippen LogP contribution < -0.4 is 4.90 Å². The zero-order valence-corrected chi connectivity index (χ0v) is 14.4. The number of carbonyl (C=O) groups is 1. The van der Waals surface area contributed by atoms with Crippen molar-refractivity contribution in [2.45, 2.75) is 31.7 Å². The Hall–Kier alpha value is -1.51. The molecule has 23 heavy (non-hydrogen) atoms. The maximum atomic E-state index is 10.8. The molecule has 0 saturated carbocycles. The van der Waals surface area contributed by atoms with Gasteiger partial charge in [-0.05, 0) is 48.6 Å². The average molecular weight is 348 g/mol. The van der Waals surface area contributed by atoms with E-state index in [2.05, 4.69) is 29.2 Å². The lowest BCUT2D eigenvalue weighted by molar-refractivity contribution is -0.108. The minimum absolute atomic E-state index is 0.348. The zero-order chi connectivity index (χ0) is 16.2. The third-order valence-corrected chi connectivity index (χ3v) is 5.30. The van der Waals surface area contributed by atoms with Gasteiger partial charge >= 0.3 is 0 Å². The van der Waals surface area contributed by atoms with Crippen LogP contribution in [0.4, 0.5) is 5.69 Å². The van der Waals surface area contributed by atoms with Crippen LogP contribution in [-0.2, 0) is 11.2 Å². The lowest BCUT2D eigenvalue weighted by Gasteiger charge is -2.25. The molecule has 1 fully saturated rings. The lowest BCUT2D eigenvalue weighted by Crippen LogP contribution is -2.29. The van der Waals surface area contributed by atoms with Gasteiger partial charge in [0.25, 0.3) is 0 Å². The number of rotatable bonds is 5. The van der Waals surface area contributed by atoms with Gasteiger partial charge in [-0.25, -0.2) is 0 Å². The van der Waals surface area contributed by atoms with Crippen molar-refractivity contribution in [2.75, 3.05) is 11.4 Å². The zero-order valence-electron chi connectivity index (χ0n) is 12.8. The van der Waals surface area contributed by atoms with Gasteiger partial charge in [-0.2, -0.15) is 0 Å². The summed E-state index contributed by atoms with van der Waals surface area (Å²) in [4.78, 5) is 13.1. The van der Waals surface area contributed by atoms with Crippen LogP contribution in [0.2, 0.25) is 10.0 Å². The molecule has 0 N–H and O–H groups in total. The molecule has 1 atom stereocenters. The van der Waals surface area contributed by atoms with E-state index in [0.29, 0.717) is 22.5 Å². The fraction of sp³-hybridized carbons (Fsp3) is 0.316. The summed E-state index contributed by atoms with van der Waals surface area (Å²) in [5.74, 6) is 0. The van der Waals surface area contributed by atoms with Gasteiger partial charge in [0.1, 0.15) is 6.29 Å². The van der Waals surface area contributed by atoms with E-state index < -0.39 is 0 Å². The first-order valence-electron chi connectivity index (χ1n) is 7.91. The average Bonchev–Trinajstić information content (AvgIpc) is 3.01. The SMILES string of the molecule is O=CCC1CCCN1c1ccc(Cc2cccc(Cl)c2Cl)cc1. The highest BCUT2D eigenvalue weighted by Crippen LogP contribution is 2.29. The molecule has 0 amide bonds. The summed E-state index contributed by atoms with van der Waals surface area (Å²) >= 11 is 12.3. The Morgan fingerprint density at radius 1 is 1.13 bits per heavy atom. The molecule has 120 valence electrons. The number of hydrogen-bond donors (Lipinski definition) is 0. The summed E-state index contributed by atoms with van der Waals surface area (Å²) in [6.45, 7) is 1.03. The summed E-state index contributed by atoms with van der Waals surface area (Å²) in [5.41, 5.74) is 3.42. The molecule has 0 aliphatic carbocycles. The van der Waals surface area contributed by atoms with E-state index in [-0.39, 0.29) is 0 Å². The van der Waals surface area contributed by atoms with Crippen molar-refractivity contribution in [3.05, 3.63) is 63.6 Å². The third-order valence-electron chi connectivity index (χ3n) is 4.44. The maximum Gasteiger partial charge on any atom is 0.122 e. The van der Waals surface area contributed by atoms with Crippen molar-refractivity contribution < 1.29 is 4.79 Å². The van der Waals surface area contributed by atoms with Crippen LogP contribution in [-0.4, -0.2) is 18.9 Å². The molecule has 3 rings (SSSR count). The monoisotopic (exact) mass is 347 g/mol. The van der Waals surface area contributed by atoms with Crippen molar-refractivity contribution in [3.63, 3.8) is 0 Å². The topological polar surface area (TPSA) is 20.3 Å². The van der Waals surface area contributed by atoms with Crippen LogP contribution in [0.25, 0.3) is 0 Å². The Kier molecular flexibility index (Phi) is 5.24. The molecule has 2 aromatic rings. The summed E-state index contributed by atoms with van der Waals surface area (Å²) < 4.78 is 0. The van der Waals surface area contributed by atoms with Gasteiger partial charge in [-0.15, -0.1) is 0 Å². The van der Waals surface area contributed by atoms with E-state index in [0.717, 1.165) is 37.7 Å². The van der Waals surface area contributed by atoms with Crippen molar-refractivity contribution >= 4 is 35.2 Å². The molecule has 1 aliphatic heterocycles. The number of nitrogens with zero attached hydrogens (tertiary/aromatic N) is 1. The summed E-state index contributed by atoms with van der Waals surface area (Å²) in [5, 5.41) is 1.22. The number of benzene rings is 2. The fourth-order valence-corrected chi connectivity index (χ4v) is 3.63. The van der Waals surface area contributed by atoms with Crippen molar-refractivity contribution in [1.82, 2.24) is 0 Å². The van der Waals surface area contributed by atoms with Gasteiger partial charge in [0.15, 0.2) is 0 Å². The highest BCUT2D eigenvalue weighted by molar-refractivity contribution is 6.42. The minimum Gasteiger partial charge on any atom is -0.368 e. The van der Waals surface area contributed by atoms with Gasteiger partial charge in [0.2, 0.25) is 0 Å². The highest BCUT2D eigenvalue weighted by atomic mass is 35.5. The Morgan fingerprint density at radius 2 is 1.91 bits per heavy atom. The molecule has 1 heterocycles. The Bertz CT molecular complexity index is 684. The van der Waals surface area contributed by atoms with Gasteiger partial charge < -0.3 is 9.69 Å². The second kappa shape index (κ2) is 7.37. The second-order valence-corrected chi connectivity index (χ2v) is 6.73. The minimum atomic E-state index is 0.348. The molecule has 1 aliphatic rings. The smallest absolute Gasteiger partial charge is 0.122 e. The van der Waals surface area contributed by atoms with E-state index >= 15 is 0 Å². The third kappa shape index (κ3) is 3.70. The first kappa shape index (κ1) is 16.4. The Morgan fingerprint density at radius 3 is 2.65 bits per heavy atom. The molecule has 2 aromatic carbocycles. The molecule has 0 radical (unpaired) electrons. The normalized spacial score (nSPS) is 17.5. The van der Waals surface area contributed by atoms with E-state index in [1.54, 1.807) is 6.07 Å². The van der Waals surface area contributed by atoms with Gasteiger partial charge in [-0.1, -0.05) is 47.5 Å². The summed E-state index contributed by atoms with van der Waals surface area (Å²) in [6, 6.07) is 14.6. The van der Waals surface area contributed by atoms with Crippen molar-refractivity contribution in [3.8, 4) is 0 Å². The van der Waals surface area contributed by atoms with Gasteiger partial charge in [0.05, 0.1) is 10.0 Å². The van der Waals surface area contributed by atoms with E-state index in [4.69, 9.17) is 23.2 Å². The summed E-state index contributed by atoms with van der Waals surface area (Å²) in [6.07, 6.45) is 4.65. The molecule has 4 heteroatoms. The number of aldehydes is 1. The van der Waals surface area contributed by atoms with Crippen LogP contribution in [0, 0.1) is 0 Å². The van der Waals surface area contributed by atoms with Crippen LogP contribution in [0.3, 0.4) is 0 Å². The maximum absolute atomic E-state index is 10.8. The lowest BCUT2D eigenvalue weighted by atomic mass is 10.0. The van der Waals surface area contributed by atoms with Crippen LogP contribution in [0.1, 0.15) is 30.4 Å². The predicted molar refractivity (Wildman–Crippen MR) is 96.8 cm³/mol. The fourth-order valence-electron chi connectivity index (χ4n) is 3.24. The van der Waals surface area contributed by atoms with Crippen molar-refractivity contribution in [1.29, 1.82) is 0 Å². The molecule has 0 spiro atoms. The van der Waals surface area contributed by atoms with E-state index in [9.17, 15) is 4.79 Å². The Balaban J connectivity index is 1.74. The molecule has 2 nitrogen and oxygen atoms in total. The first-order valence-corrected chi connectivity index (χ1v) is 8.66. The quantitative estimate of drug-likeness (QED) is 0.697. The van der Waals surface area contributed by atoms with Crippen molar-refractivity contribution in [2.24, 2.45) is 0 Å². The Labute approximate surface area is 147 Å². The van der Waals surface area contributed by atoms with E-state index in [1.807, 2.05) is 12.1 Å². The molecule has 1 unspecified atom stereocenters. The number of hydrogen-bond acceptors (Lipinski definition) is 2. The molecular formula is C19H19Cl2NO. The molecular weight excluding hydrogens is 329 g/mol. The number of halogens is 2. The van der Waals surface area contributed by atoms with E-state index in [1.165, 1.54) is 11.3 Å². The van der Waals surface area contributed by atoms with Crippen LogP contribution in [0.5, 0.6) is 0 Å². The molecule has 0 bridgehead atoms. The molecule has 1 saturated heterocycles. The largest absolute Gasteiger partial charge is 0.368 e. The van der Waals surface area contributed by atoms with Gasteiger partial charge in [0, 0.05) is 24.7 Å².